The van der Waals surface area contributed by atoms with Gasteiger partial charge in [-0.05, 0) is 40.8 Å². The summed E-state index contributed by atoms with van der Waals surface area (Å²) >= 11 is 3.34. The number of aromatic nitrogens is 1. The van der Waals surface area contributed by atoms with Crippen molar-refractivity contribution in [3.8, 4) is 0 Å². The summed E-state index contributed by atoms with van der Waals surface area (Å²) in [4.78, 5) is 15.0. The van der Waals surface area contributed by atoms with E-state index >= 15 is 0 Å². The minimum Gasteiger partial charge on any atom is -0.356 e. The molecule has 2 unspecified atom stereocenters. The number of aromatic amines is 1. The Hall–Kier alpha value is -0.850. The Morgan fingerprint density at radius 1 is 1.29 bits per heavy atom. The fourth-order valence-corrected chi connectivity index (χ4v) is 3.77. The van der Waals surface area contributed by atoms with E-state index in [9.17, 15) is 4.79 Å². The van der Waals surface area contributed by atoms with Gasteiger partial charge in [0.05, 0.1) is 6.17 Å². The molecular formula is C15H23BrN4O. The summed E-state index contributed by atoms with van der Waals surface area (Å²) in [5.74, 6) is 0.783. The lowest BCUT2D eigenvalue weighted by Crippen LogP contribution is -2.44. The van der Waals surface area contributed by atoms with Crippen molar-refractivity contribution in [1.29, 1.82) is 0 Å². The molecule has 2 aliphatic rings. The van der Waals surface area contributed by atoms with Crippen molar-refractivity contribution < 1.29 is 4.79 Å². The Morgan fingerprint density at radius 3 is 2.81 bits per heavy atom. The summed E-state index contributed by atoms with van der Waals surface area (Å²) in [6.07, 6.45) is 10.8. The van der Waals surface area contributed by atoms with Gasteiger partial charge in [0.2, 0.25) is 0 Å². The Kier molecular flexibility index (Phi) is 4.98. The van der Waals surface area contributed by atoms with Crippen molar-refractivity contribution in [1.82, 2.24) is 21.2 Å². The molecule has 6 heteroatoms. The van der Waals surface area contributed by atoms with Gasteiger partial charge in [0.1, 0.15) is 5.69 Å². The van der Waals surface area contributed by atoms with Crippen LogP contribution >= 0.6 is 15.9 Å². The first-order valence-corrected chi connectivity index (χ1v) is 8.66. The molecule has 21 heavy (non-hydrogen) atoms. The van der Waals surface area contributed by atoms with Gasteiger partial charge in [0, 0.05) is 16.7 Å². The maximum absolute atomic E-state index is 12.1. The Balaban J connectivity index is 1.44. The molecule has 0 radical (unpaired) electrons. The van der Waals surface area contributed by atoms with Crippen LogP contribution in [0.3, 0.4) is 0 Å². The highest BCUT2D eigenvalue weighted by Crippen LogP contribution is 2.28. The number of hydrazine groups is 1. The smallest absolute Gasteiger partial charge is 0.268 e. The van der Waals surface area contributed by atoms with Crippen LogP contribution in [0.15, 0.2) is 16.7 Å². The number of carbonyl (C=O) groups excluding carboxylic acids is 1. The second-order valence-corrected chi connectivity index (χ2v) is 7.13. The van der Waals surface area contributed by atoms with Crippen molar-refractivity contribution in [3.63, 3.8) is 0 Å². The highest BCUT2D eigenvalue weighted by Gasteiger charge is 2.28. The van der Waals surface area contributed by atoms with Crippen molar-refractivity contribution in [2.45, 2.75) is 57.2 Å². The number of hydrogen-bond acceptors (Lipinski definition) is 3. The number of nitrogens with one attached hydrogen (secondary N) is 4. The van der Waals surface area contributed by atoms with Crippen LogP contribution in [0.1, 0.15) is 55.4 Å². The van der Waals surface area contributed by atoms with E-state index in [1.165, 1.54) is 38.5 Å². The normalized spacial score (nSPS) is 26.9. The number of H-pyrrole nitrogens is 1. The Labute approximate surface area is 133 Å². The van der Waals surface area contributed by atoms with Crippen LogP contribution in [-0.4, -0.2) is 23.1 Å². The van der Waals surface area contributed by atoms with Gasteiger partial charge < -0.3 is 10.3 Å². The van der Waals surface area contributed by atoms with Crippen molar-refractivity contribution in [2.75, 3.05) is 0 Å². The third-order valence-electron chi connectivity index (χ3n) is 4.52. The van der Waals surface area contributed by atoms with Crippen molar-refractivity contribution >= 4 is 21.8 Å². The lowest BCUT2D eigenvalue weighted by Gasteiger charge is -2.24. The molecule has 2 fully saturated rings. The lowest BCUT2D eigenvalue weighted by molar-refractivity contribution is 0.0928. The molecule has 0 spiro atoms. The summed E-state index contributed by atoms with van der Waals surface area (Å²) in [7, 11) is 0. The molecule has 0 aromatic carbocycles. The zero-order chi connectivity index (χ0) is 14.7. The van der Waals surface area contributed by atoms with E-state index in [2.05, 4.69) is 37.1 Å². The highest BCUT2D eigenvalue weighted by atomic mass is 79.9. The van der Waals surface area contributed by atoms with Gasteiger partial charge in [-0.25, -0.2) is 5.43 Å². The molecule has 1 aliphatic carbocycles. The molecule has 1 saturated carbocycles. The van der Waals surface area contributed by atoms with Gasteiger partial charge in [-0.15, -0.1) is 0 Å². The number of amides is 1. The van der Waals surface area contributed by atoms with E-state index in [1.807, 2.05) is 0 Å². The molecule has 1 amide bonds. The van der Waals surface area contributed by atoms with Crippen LogP contribution in [0, 0.1) is 5.92 Å². The molecular weight excluding hydrogens is 332 g/mol. The van der Waals surface area contributed by atoms with Crippen LogP contribution in [0.2, 0.25) is 0 Å². The number of hydrogen-bond donors (Lipinski definition) is 4. The fraction of sp³-hybridized carbons (Fsp3) is 0.667. The van der Waals surface area contributed by atoms with E-state index in [1.54, 1.807) is 12.3 Å². The summed E-state index contributed by atoms with van der Waals surface area (Å²) in [5.41, 5.74) is 7.11. The van der Waals surface area contributed by atoms with Gasteiger partial charge in [-0.2, -0.15) is 0 Å². The lowest BCUT2D eigenvalue weighted by atomic mass is 9.84. The SMILES string of the molecule is O=C(NC1CC(CC2CCCCC2)NN1)c1cc(Br)c[nH]1. The first-order chi connectivity index (χ1) is 10.2. The Morgan fingerprint density at radius 2 is 2.10 bits per heavy atom. The summed E-state index contributed by atoms with van der Waals surface area (Å²) in [6, 6.07) is 2.26. The summed E-state index contributed by atoms with van der Waals surface area (Å²) < 4.78 is 0.889. The molecule has 0 bridgehead atoms. The maximum atomic E-state index is 12.1. The van der Waals surface area contributed by atoms with Crippen LogP contribution in [0.25, 0.3) is 0 Å². The predicted octanol–water partition coefficient (Wildman–Crippen LogP) is 2.67. The molecule has 116 valence electrons. The predicted molar refractivity (Wildman–Crippen MR) is 85.6 cm³/mol. The van der Waals surface area contributed by atoms with Crippen LogP contribution in [0.4, 0.5) is 0 Å². The van der Waals surface area contributed by atoms with Gasteiger partial charge >= 0.3 is 0 Å². The maximum Gasteiger partial charge on any atom is 0.268 e. The average Bonchev–Trinajstić information content (AvgIpc) is 3.09. The molecule has 1 aromatic rings. The fourth-order valence-electron chi connectivity index (χ4n) is 3.43. The van der Waals surface area contributed by atoms with Gasteiger partial charge in [0.15, 0.2) is 0 Å². The van der Waals surface area contributed by atoms with E-state index in [4.69, 9.17) is 0 Å². The third kappa shape index (κ3) is 4.08. The molecule has 1 aromatic heterocycles. The van der Waals surface area contributed by atoms with Gasteiger partial charge in [-0.3, -0.25) is 10.2 Å². The standard InChI is InChI=1S/C15H23BrN4O/c16-11-7-13(17-9-11)15(21)18-14-8-12(19-20-14)6-10-4-2-1-3-5-10/h7,9-10,12,14,17,19-20H,1-6,8H2,(H,18,21). The Bertz CT molecular complexity index is 484. The minimum atomic E-state index is -0.0710. The van der Waals surface area contributed by atoms with Crippen LogP contribution in [-0.2, 0) is 0 Å². The van der Waals surface area contributed by atoms with Crippen molar-refractivity contribution in [2.24, 2.45) is 5.92 Å². The zero-order valence-electron chi connectivity index (χ0n) is 12.1. The van der Waals surface area contributed by atoms with Crippen LogP contribution < -0.4 is 16.2 Å². The molecule has 2 atom stereocenters. The molecule has 3 rings (SSSR count). The molecule has 5 nitrogen and oxygen atoms in total. The quantitative estimate of drug-likeness (QED) is 0.671. The van der Waals surface area contributed by atoms with E-state index in [-0.39, 0.29) is 12.1 Å². The zero-order valence-corrected chi connectivity index (χ0v) is 13.7. The number of rotatable bonds is 4. The third-order valence-corrected chi connectivity index (χ3v) is 4.98. The second-order valence-electron chi connectivity index (χ2n) is 6.22. The van der Waals surface area contributed by atoms with Gasteiger partial charge in [0.25, 0.3) is 5.91 Å². The van der Waals surface area contributed by atoms with Crippen molar-refractivity contribution in [3.05, 3.63) is 22.4 Å². The van der Waals surface area contributed by atoms with E-state index in [0.717, 1.165) is 16.8 Å². The van der Waals surface area contributed by atoms with E-state index in [0.29, 0.717) is 11.7 Å². The summed E-state index contributed by atoms with van der Waals surface area (Å²) in [5, 5.41) is 3.01. The monoisotopic (exact) mass is 354 g/mol. The second kappa shape index (κ2) is 6.94. The highest BCUT2D eigenvalue weighted by molar-refractivity contribution is 9.10. The molecule has 1 saturated heterocycles. The topological polar surface area (TPSA) is 69.0 Å². The summed E-state index contributed by atoms with van der Waals surface area (Å²) in [6.45, 7) is 0. The van der Waals surface area contributed by atoms with Gasteiger partial charge in [-0.1, -0.05) is 32.1 Å². The largest absolute Gasteiger partial charge is 0.356 e. The molecule has 1 aliphatic heterocycles. The first kappa shape index (κ1) is 15.1. The average molecular weight is 355 g/mol. The number of halogens is 1. The molecule has 4 N–H and O–H groups in total. The number of carbonyl (C=O) groups is 1. The minimum absolute atomic E-state index is 0.00756. The van der Waals surface area contributed by atoms with Crippen LogP contribution in [0.5, 0.6) is 0 Å². The molecule has 2 heterocycles. The first-order valence-electron chi connectivity index (χ1n) is 7.86. The van der Waals surface area contributed by atoms with E-state index < -0.39 is 0 Å².